The van der Waals surface area contributed by atoms with Gasteiger partial charge in [-0.25, -0.2) is 4.39 Å². The van der Waals surface area contributed by atoms with Crippen molar-refractivity contribution in [2.45, 2.75) is 6.92 Å². The molecule has 0 aromatic heterocycles. The molecule has 0 saturated carbocycles. The van der Waals surface area contributed by atoms with Gasteiger partial charge in [-0.2, -0.15) is 0 Å². The van der Waals surface area contributed by atoms with Crippen LogP contribution in [0.1, 0.15) is 6.92 Å². The van der Waals surface area contributed by atoms with E-state index in [1.165, 1.54) is 18.3 Å². The van der Waals surface area contributed by atoms with Crippen LogP contribution < -0.4 is 11.1 Å². The third-order valence-corrected chi connectivity index (χ3v) is 1.67. The monoisotopic (exact) mass is 193 g/mol. The predicted octanol–water partition coefficient (Wildman–Crippen LogP) is 2.08. The molecule has 0 amide bonds. The lowest BCUT2D eigenvalue weighted by Gasteiger charge is -2.02. The molecule has 14 heavy (non-hydrogen) atoms. The molecule has 1 aromatic rings. The van der Waals surface area contributed by atoms with E-state index in [-0.39, 0.29) is 5.82 Å². The number of allylic oxidation sites excluding steroid dienone is 1. The Morgan fingerprint density at radius 1 is 1.43 bits per heavy atom. The SMILES string of the molecule is CC(=N)/C(N)=C\Nc1ccc(F)cc1. The Labute approximate surface area is 81.9 Å². The van der Waals surface area contributed by atoms with E-state index in [9.17, 15) is 4.39 Å². The van der Waals surface area contributed by atoms with Gasteiger partial charge in [-0.3, -0.25) is 0 Å². The smallest absolute Gasteiger partial charge is 0.123 e. The van der Waals surface area contributed by atoms with Crippen molar-refractivity contribution in [3.8, 4) is 0 Å². The van der Waals surface area contributed by atoms with Crippen molar-refractivity contribution < 1.29 is 4.39 Å². The molecule has 1 rings (SSSR count). The molecule has 0 aliphatic carbocycles. The minimum Gasteiger partial charge on any atom is -0.396 e. The second-order valence-corrected chi connectivity index (χ2v) is 2.88. The Kier molecular flexibility index (Phi) is 3.23. The Morgan fingerprint density at radius 2 is 2.00 bits per heavy atom. The van der Waals surface area contributed by atoms with E-state index >= 15 is 0 Å². The van der Waals surface area contributed by atoms with Crippen LogP contribution in [0.5, 0.6) is 0 Å². The van der Waals surface area contributed by atoms with Gasteiger partial charge in [-0.05, 0) is 31.2 Å². The van der Waals surface area contributed by atoms with Crippen LogP contribution in [-0.4, -0.2) is 5.71 Å². The number of halogens is 1. The molecule has 0 atom stereocenters. The van der Waals surface area contributed by atoms with E-state index in [4.69, 9.17) is 11.1 Å². The summed E-state index contributed by atoms with van der Waals surface area (Å²) in [4.78, 5) is 0. The van der Waals surface area contributed by atoms with Gasteiger partial charge < -0.3 is 16.5 Å². The molecule has 0 spiro atoms. The van der Waals surface area contributed by atoms with E-state index in [0.29, 0.717) is 11.4 Å². The molecule has 0 fully saturated rings. The highest BCUT2D eigenvalue weighted by Crippen LogP contribution is 2.08. The van der Waals surface area contributed by atoms with Crippen LogP contribution in [0.15, 0.2) is 36.2 Å². The molecule has 0 heterocycles. The van der Waals surface area contributed by atoms with Crippen molar-refractivity contribution in [1.82, 2.24) is 0 Å². The summed E-state index contributed by atoms with van der Waals surface area (Å²) in [6.07, 6.45) is 1.51. The molecule has 1 aromatic carbocycles. The molecule has 0 bridgehead atoms. The molecule has 0 aliphatic heterocycles. The van der Waals surface area contributed by atoms with Gasteiger partial charge in [-0.15, -0.1) is 0 Å². The third-order valence-electron chi connectivity index (χ3n) is 1.67. The maximum absolute atomic E-state index is 12.5. The summed E-state index contributed by atoms with van der Waals surface area (Å²) < 4.78 is 12.5. The highest BCUT2D eigenvalue weighted by atomic mass is 19.1. The second kappa shape index (κ2) is 4.41. The number of rotatable bonds is 3. The quantitative estimate of drug-likeness (QED) is 0.643. The van der Waals surface area contributed by atoms with E-state index in [1.54, 1.807) is 19.1 Å². The van der Waals surface area contributed by atoms with Gasteiger partial charge in [0, 0.05) is 11.9 Å². The lowest BCUT2D eigenvalue weighted by Crippen LogP contribution is -2.08. The third kappa shape index (κ3) is 2.90. The van der Waals surface area contributed by atoms with E-state index < -0.39 is 0 Å². The van der Waals surface area contributed by atoms with Crippen LogP contribution >= 0.6 is 0 Å². The summed E-state index contributed by atoms with van der Waals surface area (Å²) >= 11 is 0. The van der Waals surface area contributed by atoms with Crippen molar-refractivity contribution in [3.05, 3.63) is 42.0 Å². The first-order valence-electron chi connectivity index (χ1n) is 4.13. The van der Waals surface area contributed by atoms with Crippen molar-refractivity contribution in [3.63, 3.8) is 0 Å². The average molecular weight is 193 g/mol. The van der Waals surface area contributed by atoms with E-state index in [0.717, 1.165) is 5.69 Å². The zero-order valence-electron chi connectivity index (χ0n) is 7.84. The topological polar surface area (TPSA) is 61.9 Å². The van der Waals surface area contributed by atoms with Crippen molar-refractivity contribution in [1.29, 1.82) is 5.41 Å². The summed E-state index contributed by atoms with van der Waals surface area (Å²) in [5.74, 6) is -0.282. The minimum absolute atomic E-state index is 0.282. The summed E-state index contributed by atoms with van der Waals surface area (Å²) in [7, 11) is 0. The van der Waals surface area contributed by atoms with Crippen molar-refractivity contribution in [2.75, 3.05) is 5.32 Å². The van der Waals surface area contributed by atoms with Crippen LogP contribution in [0.4, 0.5) is 10.1 Å². The summed E-state index contributed by atoms with van der Waals surface area (Å²) in [6.45, 7) is 1.60. The highest BCUT2D eigenvalue weighted by molar-refractivity contribution is 5.94. The Balaban J connectivity index is 2.66. The second-order valence-electron chi connectivity index (χ2n) is 2.88. The summed E-state index contributed by atoms with van der Waals surface area (Å²) in [5.41, 5.74) is 6.87. The average Bonchev–Trinajstić information content (AvgIpc) is 2.16. The lowest BCUT2D eigenvalue weighted by molar-refractivity contribution is 0.628. The number of nitrogens with two attached hydrogens (primary N) is 1. The zero-order valence-corrected chi connectivity index (χ0v) is 7.84. The first-order chi connectivity index (χ1) is 6.59. The molecular formula is C10H12FN3. The van der Waals surface area contributed by atoms with Gasteiger partial charge in [-0.1, -0.05) is 0 Å². The summed E-state index contributed by atoms with van der Waals surface area (Å²) in [6, 6.07) is 5.89. The standard InChI is InChI=1S/C10H12FN3/c1-7(12)10(13)6-14-9-4-2-8(11)3-5-9/h2-6,12,14H,13H2,1H3/b10-6+,12-7?. The largest absolute Gasteiger partial charge is 0.396 e. The van der Waals surface area contributed by atoms with E-state index in [1.807, 2.05) is 0 Å². The molecule has 4 heteroatoms. The minimum atomic E-state index is -0.282. The molecule has 3 nitrogen and oxygen atoms in total. The number of nitrogens with one attached hydrogen (secondary N) is 2. The van der Waals surface area contributed by atoms with Gasteiger partial charge in [0.15, 0.2) is 0 Å². The Hall–Kier alpha value is -1.84. The van der Waals surface area contributed by atoms with Crippen molar-refractivity contribution >= 4 is 11.4 Å². The molecule has 0 aliphatic rings. The maximum atomic E-state index is 12.5. The lowest BCUT2D eigenvalue weighted by atomic mass is 10.3. The molecule has 0 radical (unpaired) electrons. The van der Waals surface area contributed by atoms with Gasteiger partial charge in [0.1, 0.15) is 5.82 Å². The number of hydrogen-bond donors (Lipinski definition) is 3. The molecule has 4 N–H and O–H groups in total. The normalized spacial score (nSPS) is 11.1. The highest BCUT2D eigenvalue weighted by Gasteiger charge is 1.93. The van der Waals surface area contributed by atoms with Gasteiger partial charge in [0.25, 0.3) is 0 Å². The Morgan fingerprint density at radius 3 is 2.50 bits per heavy atom. The van der Waals surface area contributed by atoms with Gasteiger partial charge in [0.2, 0.25) is 0 Å². The Bertz CT molecular complexity index is 354. The number of benzene rings is 1. The van der Waals surface area contributed by atoms with Gasteiger partial charge >= 0.3 is 0 Å². The fourth-order valence-electron chi connectivity index (χ4n) is 0.815. The van der Waals surface area contributed by atoms with Crippen LogP contribution in [0.3, 0.4) is 0 Å². The van der Waals surface area contributed by atoms with Crippen molar-refractivity contribution in [2.24, 2.45) is 5.73 Å². The first kappa shape index (κ1) is 10.2. The zero-order chi connectivity index (χ0) is 10.6. The predicted molar refractivity (Wildman–Crippen MR) is 55.7 cm³/mol. The van der Waals surface area contributed by atoms with Crippen LogP contribution in [0.25, 0.3) is 0 Å². The van der Waals surface area contributed by atoms with Crippen LogP contribution in [0.2, 0.25) is 0 Å². The molecule has 0 saturated heterocycles. The molecular weight excluding hydrogens is 181 g/mol. The number of hydrogen-bond acceptors (Lipinski definition) is 3. The van der Waals surface area contributed by atoms with Crippen LogP contribution in [-0.2, 0) is 0 Å². The number of anilines is 1. The molecule has 74 valence electrons. The maximum Gasteiger partial charge on any atom is 0.123 e. The molecule has 0 unspecified atom stereocenters. The fraction of sp³-hybridized carbons (Fsp3) is 0.100. The fourth-order valence-corrected chi connectivity index (χ4v) is 0.815. The van der Waals surface area contributed by atoms with E-state index in [2.05, 4.69) is 5.32 Å². The van der Waals surface area contributed by atoms with Crippen LogP contribution in [0, 0.1) is 11.2 Å². The first-order valence-corrected chi connectivity index (χ1v) is 4.13. The summed E-state index contributed by atoms with van der Waals surface area (Å²) in [5, 5.41) is 10.1. The van der Waals surface area contributed by atoms with Gasteiger partial charge in [0.05, 0.1) is 11.4 Å².